The average molecular weight is 337 g/mol. The molecular weight excluding hydrogens is 314 g/mol. The molecule has 0 amide bonds. The normalized spacial score (nSPS) is 18.0. The lowest BCUT2D eigenvalue weighted by Crippen LogP contribution is -2.38. The van der Waals surface area contributed by atoms with Crippen LogP contribution >= 0.6 is 0 Å². The molecule has 2 aromatic heterocycles. The summed E-state index contributed by atoms with van der Waals surface area (Å²) in [6.45, 7) is 5.68. The highest BCUT2D eigenvalue weighted by Crippen LogP contribution is 2.23. The lowest BCUT2D eigenvalue weighted by atomic mass is 9.99. The minimum absolute atomic E-state index is 0.570. The van der Waals surface area contributed by atoms with Crippen molar-refractivity contribution in [2.24, 2.45) is 5.92 Å². The molecule has 1 unspecified atom stereocenters. The molecule has 1 atom stereocenters. The number of nitrogens with zero attached hydrogens (tertiary/aromatic N) is 5. The van der Waals surface area contributed by atoms with E-state index >= 15 is 0 Å². The van der Waals surface area contributed by atoms with Gasteiger partial charge < -0.3 is 9.64 Å². The van der Waals surface area contributed by atoms with E-state index in [1.165, 1.54) is 12.8 Å². The van der Waals surface area contributed by atoms with Gasteiger partial charge >= 0.3 is 0 Å². The fourth-order valence-electron chi connectivity index (χ4n) is 3.41. The summed E-state index contributed by atoms with van der Waals surface area (Å²) in [5.41, 5.74) is 1.79. The molecule has 0 spiro atoms. The third-order valence-corrected chi connectivity index (χ3v) is 4.68. The first-order chi connectivity index (χ1) is 12.3. The van der Waals surface area contributed by atoms with Crippen LogP contribution in [0, 0.1) is 5.92 Å². The summed E-state index contributed by atoms with van der Waals surface area (Å²) in [5, 5.41) is 13.4. The Morgan fingerprint density at radius 1 is 1.12 bits per heavy atom. The molecule has 1 fully saturated rings. The summed E-state index contributed by atoms with van der Waals surface area (Å²) in [6.07, 6.45) is 2.39. The SMILES string of the molecule is CCOCC1CCCN(c2ccc3nnc(-c4ccccc4)n3n2)C1. The van der Waals surface area contributed by atoms with Crippen molar-refractivity contribution in [3.63, 3.8) is 0 Å². The van der Waals surface area contributed by atoms with E-state index in [0.717, 1.165) is 49.2 Å². The molecule has 6 heteroatoms. The van der Waals surface area contributed by atoms with Crippen molar-refractivity contribution in [1.29, 1.82) is 0 Å². The van der Waals surface area contributed by atoms with Crippen LogP contribution in [0.2, 0.25) is 0 Å². The molecule has 25 heavy (non-hydrogen) atoms. The summed E-state index contributed by atoms with van der Waals surface area (Å²) < 4.78 is 7.46. The van der Waals surface area contributed by atoms with Crippen LogP contribution in [0.5, 0.6) is 0 Å². The van der Waals surface area contributed by atoms with E-state index in [1.54, 1.807) is 0 Å². The number of anilines is 1. The second-order valence-corrected chi connectivity index (χ2v) is 6.46. The number of benzene rings is 1. The number of hydrogen-bond acceptors (Lipinski definition) is 5. The predicted molar refractivity (Wildman–Crippen MR) is 97.6 cm³/mol. The van der Waals surface area contributed by atoms with Crippen LogP contribution in [0.1, 0.15) is 19.8 Å². The van der Waals surface area contributed by atoms with Gasteiger partial charge in [0.2, 0.25) is 0 Å². The Labute approximate surface area is 147 Å². The Kier molecular flexibility index (Phi) is 4.61. The molecule has 0 saturated carbocycles. The van der Waals surface area contributed by atoms with Crippen molar-refractivity contribution in [3.8, 4) is 11.4 Å². The fourth-order valence-corrected chi connectivity index (χ4v) is 3.41. The van der Waals surface area contributed by atoms with Gasteiger partial charge in [0, 0.05) is 25.3 Å². The molecule has 3 heterocycles. The highest BCUT2D eigenvalue weighted by atomic mass is 16.5. The van der Waals surface area contributed by atoms with Gasteiger partial charge in [-0.15, -0.1) is 15.3 Å². The van der Waals surface area contributed by atoms with E-state index in [4.69, 9.17) is 9.84 Å². The molecule has 1 aliphatic heterocycles. The number of ether oxygens (including phenoxy) is 1. The van der Waals surface area contributed by atoms with Gasteiger partial charge in [-0.2, -0.15) is 4.52 Å². The molecule has 0 bridgehead atoms. The van der Waals surface area contributed by atoms with Crippen molar-refractivity contribution in [2.75, 3.05) is 31.2 Å². The maximum atomic E-state index is 5.62. The molecule has 4 rings (SSSR count). The second-order valence-electron chi connectivity index (χ2n) is 6.46. The van der Waals surface area contributed by atoms with Gasteiger partial charge in [0.25, 0.3) is 0 Å². The van der Waals surface area contributed by atoms with Gasteiger partial charge in [-0.25, -0.2) is 0 Å². The molecule has 1 aromatic carbocycles. The number of fused-ring (bicyclic) bond motifs is 1. The Morgan fingerprint density at radius 3 is 2.84 bits per heavy atom. The van der Waals surface area contributed by atoms with Gasteiger partial charge in [-0.05, 0) is 37.8 Å². The third kappa shape index (κ3) is 3.35. The van der Waals surface area contributed by atoms with E-state index in [2.05, 4.69) is 15.1 Å². The maximum absolute atomic E-state index is 5.62. The third-order valence-electron chi connectivity index (χ3n) is 4.68. The summed E-state index contributed by atoms with van der Waals surface area (Å²) in [4.78, 5) is 2.35. The molecule has 1 saturated heterocycles. The van der Waals surface area contributed by atoms with Crippen LogP contribution in [0.15, 0.2) is 42.5 Å². The van der Waals surface area contributed by atoms with Crippen molar-refractivity contribution in [3.05, 3.63) is 42.5 Å². The van der Waals surface area contributed by atoms with Crippen LogP contribution in [0.4, 0.5) is 5.82 Å². The zero-order valence-electron chi connectivity index (χ0n) is 14.5. The monoisotopic (exact) mass is 337 g/mol. The minimum atomic E-state index is 0.570. The van der Waals surface area contributed by atoms with E-state index in [1.807, 2.05) is 53.9 Å². The first-order valence-electron chi connectivity index (χ1n) is 8.95. The van der Waals surface area contributed by atoms with E-state index < -0.39 is 0 Å². The molecular formula is C19H23N5O. The van der Waals surface area contributed by atoms with Crippen molar-refractivity contribution in [1.82, 2.24) is 19.8 Å². The highest BCUT2D eigenvalue weighted by Gasteiger charge is 2.22. The van der Waals surface area contributed by atoms with Crippen molar-refractivity contribution in [2.45, 2.75) is 19.8 Å². The smallest absolute Gasteiger partial charge is 0.185 e. The Morgan fingerprint density at radius 2 is 2.00 bits per heavy atom. The van der Waals surface area contributed by atoms with Gasteiger partial charge in [-0.3, -0.25) is 0 Å². The van der Waals surface area contributed by atoms with Crippen LogP contribution in [0.3, 0.4) is 0 Å². The standard InChI is InChI=1S/C19H23N5O/c1-2-25-14-15-7-6-12-23(13-15)18-11-10-17-20-21-19(24(17)22-18)16-8-4-3-5-9-16/h3-5,8-11,15H,2,6-7,12-14H2,1H3. The van der Waals surface area contributed by atoms with Crippen molar-refractivity contribution >= 4 is 11.5 Å². The molecule has 3 aromatic rings. The van der Waals surface area contributed by atoms with E-state index in [9.17, 15) is 0 Å². The summed E-state index contributed by atoms with van der Waals surface area (Å²) in [5.74, 6) is 2.33. The number of hydrogen-bond donors (Lipinski definition) is 0. The number of aromatic nitrogens is 4. The van der Waals surface area contributed by atoms with Gasteiger partial charge in [-0.1, -0.05) is 30.3 Å². The van der Waals surface area contributed by atoms with Crippen molar-refractivity contribution < 1.29 is 4.74 Å². The van der Waals surface area contributed by atoms with Crippen LogP contribution in [-0.2, 0) is 4.74 Å². The van der Waals surface area contributed by atoms with E-state index in [0.29, 0.717) is 5.92 Å². The molecule has 0 N–H and O–H groups in total. The zero-order valence-corrected chi connectivity index (χ0v) is 14.5. The first-order valence-corrected chi connectivity index (χ1v) is 8.95. The predicted octanol–water partition coefficient (Wildman–Crippen LogP) is 3.04. The largest absolute Gasteiger partial charge is 0.381 e. The van der Waals surface area contributed by atoms with Crippen LogP contribution < -0.4 is 4.90 Å². The van der Waals surface area contributed by atoms with Gasteiger partial charge in [0.15, 0.2) is 11.5 Å². The minimum Gasteiger partial charge on any atom is -0.381 e. The summed E-state index contributed by atoms with van der Waals surface area (Å²) in [7, 11) is 0. The first kappa shape index (κ1) is 16.0. The van der Waals surface area contributed by atoms with Crippen LogP contribution in [-0.4, -0.2) is 46.1 Å². The molecule has 130 valence electrons. The second kappa shape index (κ2) is 7.19. The summed E-state index contributed by atoms with van der Waals surface area (Å²) in [6, 6.07) is 14.1. The van der Waals surface area contributed by atoms with Crippen LogP contribution in [0.25, 0.3) is 17.0 Å². The van der Waals surface area contributed by atoms with Gasteiger partial charge in [0.1, 0.15) is 5.82 Å². The Balaban J connectivity index is 1.62. The maximum Gasteiger partial charge on any atom is 0.185 e. The quantitative estimate of drug-likeness (QED) is 0.716. The Hall–Kier alpha value is -2.47. The molecule has 0 radical (unpaired) electrons. The van der Waals surface area contributed by atoms with Gasteiger partial charge in [0.05, 0.1) is 6.61 Å². The Bertz CT molecular complexity index is 832. The lowest BCUT2D eigenvalue weighted by Gasteiger charge is -2.33. The number of rotatable bonds is 5. The fraction of sp³-hybridized carbons (Fsp3) is 0.421. The highest BCUT2D eigenvalue weighted by molar-refractivity contribution is 5.59. The zero-order chi connectivity index (χ0) is 17.1. The topological polar surface area (TPSA) is 55.5 Å². The van der Waals surface area contributed by atoms with E-state index in [-0.39, 0.29) is 0 Å². The molecule has 1 aliphatic rings. The average Bonchev–Trinajstić information content (AvgIpc) is 3.10. The lowest BCUT2D eigenvalue weighted by molar-refractivity contribution is 0.104. The molecule has 6 nitrogen and oxygen atoms in total. The summed E-state index contributed by atoms with van der Waals surface area (Å²) >= 11 is 0. The number of piperidine rings is 1. The molecule has 0 aliphatic carbocycles.